The summed E-state index contributed by atoms with van der Waals surface area (Å²) >= 11 is 0. The van der Waals surface area contributed by atoms with E-state index in [0.29, 0.717) is 17.2 Å². The SMILES string of the molecule is CNc1cc(OC)c(OC)c(OC)c1.Cl. The highest BCUT2D eigenvalue weighted by atomic mass is 35.5. The van der Waals surface area contributed by atoms with Gasteiger partial charge < -0.3 is 19.5 Å². The summed E-state index contributed by atoms with van der Waals surface area (Å²) in [6.45, 7) is 0. The Labute approximate surface area is 95.9 Å². The van der Waals surface area contributed by atoms with Gasteiger partial charge in [-0.3, -0.25) is 0 Å². The van der Waals surface area contributed by atoms with E-state index in [2.05, 4.69) is 5.32 Å². The largest absolute Gasteiger partial charge is 0.493 e. The van der Waals surface area contributed by atoms with E-state index in [9.17, 15) is 0 Å². The highest BCUT2D eigenvalue weighted by Crippen LogP contribution is 2.39. The lowest BCUT2D eigenvalue weighted by molar-refractivity contribution is 0.324. The monoisotopic (exact) mass is 233 g/mol. The molecule has 0 aliphatic heterocycles. The smallest absolute Gasteiger partial charge is 0.203 e. The van der Waals surface area contributed by atoms with Gasteiger partial charge in [0.05, 0.1) is 21.3 Å². The van der Waals surface area contributed by atoms with Crippen LogP contribution in [0.1, 0.15) is 0 Å². The summed E-state index contributed by atoms with van der Waals surface area (Å²) in [6.07, 6.45) is 0. The molecule has 4 nitrogen and oxygen atoms in total. The van der Waals surface area contributed by atoms with Gasteiger partial charge in [0, 0.05) is 24.9 Å². The van der Waals surface area contributed by atoms with Gasteiger partial charge in [0.1, 0.15) is 0 Å². The van der Waals surface area contributed by atoms with Gasteiger partial charge in [-0.25, -0.2) is 0 Å². The van der Waals surface area contributed by atoms with Crippen molar-refractivity contribution in [2.75, 3.05) is 33.7 Å². The normalized spacial score (nSPS) is 8.80. The number of hydrogen-bond acceptors (Lipinski definition) is 4. The molecule has 1 rings (SSSR count). The molecular formula is C10H16ClNO3. The van der Waals surface area contributed by atoms with Gasteiger partial charge in [0.15, 0.2) is 11.5 Å². The summed E-state index contributed by atoms with van der Waals surface area (Å²) < 4.78 is 15.5. The van der Waals surface area contributed by atoms with Crippen molar-refractivity contribution in [1.82, 2.24) is 0 Å². The van der Waals surface area contributed by atoms with E-state index < -0.39 is 0 Å². The molecule has 15 heavy (non-hydrogen) atoms. The van der Waals surface area contributed by atoms with Gasteiger partial charge in [0.2, 0.25) is 5.75 Å². The predicted molar refractivity (Wildman–Crippen MR) is 62.9 cm³/mol. The number of benzene rings is 1. The molecule has 0 amide bonds. The quantitative estimate of drug-likeness (QED) is 0.865. The van der Waals surface area contributed by atoms with Crippen LogP contribution in [0, 0.1) is 0 Å². The standard InChI is InChI=1S/C10H15NO3.ClH/c1-11-7-5-8(12-2)10(14-4)9(6-7)13-3;/h5-6,11H,1-4H3;1H. The summed E-state index contributed by atoms with van der Waals surface area (Å²) in [5, 5.41) is 3.01. The second-order valence-corrected chi connectivity index (χ2v) is 2.66. The van der Waals surface area contributed by atoms with Crippen molar-refractivity contribution in [2.24, 2.45) is 0 Å². The molecule has 0 aliphatic carbocycles. The first-order valence-corrected chi connectivity index (χ1v) is 4.24. The van der Waals surface area contributed by atoms with Gasteiger partial charge in [0.25, 0.3) is 0 Å². The van der Waals surface area contributed by atoms with Crippen LogP contribution in [0.25, 0.3) is 0 Å². The predicted octanol–water partition coefficient (Wildman–Crippen LogP) is 2.18. The maximum Gasteiger partial charge on any atom is 0.203 e. The van der Waals surface area contributed by atoms with E-state index in [4.69, 9.17) is 14.2 Å². The topological polar surface area (TPSA) is 39.7 Å². The molecule has 0 aromatic heterocycles. The molecule has 86 valence electrons. The van der Waals surface area contributed by atoms with Crippen LogP contribution in [-0.2, 0) is 0 Å². The van der Waals surface area contributed by atoms with Gasteiger partial charge in [-0.1, -0.05) is 0 Å². The lowest BCUT2D eigenvalue weighted by atomic mass is 10.2. The molecule has 0 saturated heterocycles. The van der Waals surface area contributed by atoms with Crippen molar-refractivity contribution in [1.29, 1.82) is 0 Å². The lowest BCUT2D eigenvalue weighted by Gasteiger charge is -2.13. The molecule has 0 unspecified atom stereocenters. The molecule has 1 N–H and O–H groups in total. The Balaban J connectivity index is 0.00000196. The zero-order valence-corrected chi connectivity index (χ0v) is 10.1. The van der Waals surface area contributed by atoms with Gasteiger partial charge >= 0.3 is 0 Å². The van der Waals surface area contributed by atoms with Gasteiger partial charge in [-0.15, -0.1) is 12.4 Å². The Morgan fingerprint density at radius 3 is 1.67 bits per heavy atom. The zero-order valence-electron chi connectivity index (χ0n) is 9.29. The number of halogens is 1. The van der Waals surface area contributed by atoms with Crippen LogP contribution in [0.4, 0.5) is 5.69 Å². The molecule has 5 heteroatoms. The molecule has 0 saturated carbocycles. The number of rotatable bonds is 4. The highest BCUT2D eigenvalue weighted by Gasteiger charge is 2.11. The third kappa shape index (κ3) is 2.83. The summed E-state index contributed by atoms with van der Waals surface area (Å²) in [5.74, 6) is 1.90. The number of methoxy groups -OCH3 is 3. The third-order valence-corrected chi connectivity index (χ3v) is 1.95. The first-order chi connectivity index (χ1) is 6.76. The molecule has 0 atom stereocenters. The average Bonchev–Trinajstić information content (AvgIpc) is 2.26. The fourth-order valence-corrected chi connectivity index (χ4v) is 1.23. The Morgan fingerprint density at radius 2 is 1.40 bits per heavy atom. The first-order valence-electron chi connectivity index (χ1n) is 4.24. The molecule has 0 radical (unpaired) electrons. The van der Waals surface area contributed by atoms with Gasteiger partial charge in [-0.2, -0.15) is 0 Å². The van der Waals surface area contributed by atoms with Crippen LogP contribution in [0.3, 0.4) is 0 Å². The van der Waals surface area contributed by atoms with Crippen molar-refractivity contribution < 1.29 is 14.2 Å². The molecule has 0 spiro atoms. The summed E-state index contributed by atoms with van der Waals surface area (Å²) in [5.41, 5.74) is 0.916. The molecule has 0 bridgehead atoms. The Morgan fingerprint density at radius 1 is 0.933 bits per heavy atom. The molecule has 0 fully saturated rings. The molecule has 0 heterocycles. The van der Waals surface area contributed by atoms with Crippen molar-refractivity contribution in [3.05, 3.63) is 12.1 Å². The van der Waals surface area contributed by atoms with E-state index in [-0.39, 0.29) is 12.4 Å². The third-order valence-electron chi connectivity index (χ3n) is 1.95. The molecule has 1 aromatic rings. The Kier molecular flexibility index (Phi) is 5.70. The van der Waals surface area contributed by atoms with E-state index in [0.717, 1.165) is 5.69 Å². The van der Waals surface area contributed by atoms with E-state index >= 15 is 0 Å². The maximum atomic E-state index is 5.18. The molecular weight excluding hydrogens is 218 g/mol. The zero-order chi connectivity index (χ0) is 10.6. The molecule has 0 aliphatic rings. The van der Waals surface area contributed by atoms with E-state index in [1.54, 1.807) is 21.3 Å². The van der Waals surface area contributed by atoms with Gasteiger partial charge in [-0.05, 0) is 0 Å². The Hall–Kier alpha value is -1.29. The summed E-state index contributed by atoms with van der Waals surface area (Å²) in [4.78, 5) is 0. The molecule has 1 aromatic carbocycles. The summed E-state index contributed by atoms with van der Waals surface area (Å²) in [6, 6.07) is 3.70. The van der Waals surface area contributed by atoms with Crippen LogP contribution >= 0.6 is 12.4 Å². The van der Waals surface area contributed by atoms with Crippen LogP contribution in [0.5, 0.6) is 17.2 Å². The second kappa shape index (κ2) is 6.24. The average molecular weight is 234 g/mol. The summed E-state index contributed by atoms with van der Waals surface area (Å²) in [7, 11) is 6.60. The van der Waals surface area contributed by atoms with E-state index in [1.807, 2.05) is 19.2 Å². The minimum atomic E-state index is 0. The number of hydrogen-bond donors (Lipinski definition) is 1. The number of ether oxygens (including phenoxy) is 3. The maximum absolute atomic E-state index is 5.18. The first kappa shape index (κ1) is 13.7. The Bertz CT molecular complexity index is 293. The van der Waals surface area contributed by atoms with Crippen molar-refractivity contribution in [3.63, 3.8) is 0 Å². The van der Waals surface area contributed by atoms with Crippen molar-refractivity contribution in [2.45, 2.75) is 0 Å². The number of nitrogens with one attached hydrogen (secondary N) is 1. The van der Waals surface area contributed by atoms with Crippen molar-refractivity contribution >= 4 is 18.1 Å². The number of anilines is 1. The van der Waals surface area contributed by atoms with E-state index in [1.165, 1.54) is 0 Å². The fraction of sp³-hybridized carbons (Fsp3) is 0.400. The van der Waals surface area contributed by atoms with Crippen LogP contribution in [-0.4, -0.2) is 28.4 Å². The highest BCUT2D eigenvalue weighted by molar-refractivity contribution is 5.85. The lowest BCUT2D eigenvalue weighted by Crippen LogP contribution is -1.97. The minimum Gasteiger partial charge on any atom is -0.493 e. The van der Waals surface area contributed by atoms with Crippen molar-refractivity contribution in [3.8, 4) is 17.2 Å². The fourth-order valence-electron chi connectivity index (χ4n) is 1.23. The van der Waals surface area contributed by atoms with Crippen LogP contribution in [0.2, 0.25) is 0 Å². The second-order valence-electron chi connectivity index (χ2n) is 2.66. The minimum absolute atomic E-state index is 0. The van der Waals surface area contributed by atoms with Crippen LogP contribution in [0.15, 0.2) is 12.1 Å². The van der Waals surface area contributed by atoms with Crippen LogP contribution < -0.4 is 19.5 Å².